The zero-order chi connectivity index (χ0) is 16.3. The first-order valence-electron chi connectivity index (χ1n) is 7.95. The van der Waals surface area contributed by atoms with Crippen LogP contribution in [0.3, 0.4) is 0 Å². The fourth-order valence-corrected chi connectivity index (χ4v) is 4.43. The predicted molar refractivity (Wildman–Crippen MR) is 91.7 cm³/mol. The summed E-state index contributed by atoms with van der Waals surface area (Å²) in [6, 6.07) is 7.20. The van der Waals surface area contributed by atoms with Crippen LogP contribution < -0.4 is 5.73 Å². The molecule has 1 spiro atoms. The average Bonchev–Trinajstić information content (AvgIpc) is 3.00. The molecule has 2 unspecified atom stereocenters. The van der Waals surface area contributed by atoms with Gasteiger partial charge in [-0.05, 0) is 35.5 Å². The van der Waals surface area contributed by atoms with Gasteiger partial charge in [0.05, 0.1) is 17.9 Å². The molecule has 2 aliphatic heterocycles. The topological polar surface area (TPSA) is 56.8 Å². The Labute approximate surface area is 140 Å². The number of methoxy groups -OCH3 is 1. The van der Waals surface area contributed by atoms with Gasteiger partial charge in [0, 0.05) is 13.5 Å². The van der Waals surface area contributed by atoms with E-state index in [1.165, 1.54) is 0 Å². The summed E-state index contributed by atoms with van der Waals surface area (Å²) >= 11 is 1.98. The van der Waals surface area contributed by atoms with Crippen LogP contribution in [0.15, 0.2) is 29.4 Å². The van der Waals surface area contributed by atoms with E-state index in [-0.39, 0.29) is 5.60 Å². The van der Waals surface area contributed by atoms with Crippen molar-refractivity contribution in [1.82, 2.24) is 0 Å². The number of nitrogens with two attached hydrogens (primary N) is 1. The predicted octanol–water partition coefficient (Wildman–Crippen LogP) is 3.06. The van der Waals surface area contributed by atoms with E-state index in [2.05, 4.69) is 5.16 Å². The van der Waals surface area contributed by atoms with E-state index >= 15 is 0 Å². The van der Waals surface area contributed by atoms with Crippen LogP contribution in [0.1, 0.15) is 36.5 Å². The molecule has 23 heavy (non-hydrogen) atoms. The summed E-state index contributed by atoms with van der Waals surface area (Å²) in [5, 5.41) is 4.32. The van der Waals surface area contributed by atoms with Crippen molar-refractivity contribution < 1.29 is 14.0 Å². The second-order valence-electron chi connectivity index (χ2n) is 6.20. The number of nitrogens with zero attached hydrogens (tertiary/aromatic N) is 1. The second-order valence-corrected chi connectivity index (χ2v) is 7.42. The summed E-state index contributed by atoms with van der Waals surface area (Å²) in [5.74, 6) is 2.27. The highest BCUT2D eigenvalue weighted by Gasteiger charge is 2.40. The van der Waals surface area contributed by atoms with Crippen molar-refractivity contribution in [2.75, 3.05) is 25.3 Å². The Kier molecular flexibility index (Phi) is 5.24. The third-order valence-corrected chi connectivity index (χ3v) is 5.62. The molecule has 1 fully saturated rings. The van der Waals surface area contributed by atoms with E-state index in [9.17, 15) is 4.39 Å². The lowest BCUT2D eigenvalue weighted by atomic mass is 9.88. The minimum atomic E-state index is -0.652. The van der Waals surface area contributed by atoms with Crippen LogP contribution in [0.25, 0.3) is 0 Å². The summed E-state index contributed by atoms with van der Waals surface area (Å²) in [5.41, 5.74) is 8.60. The number of rotatable bonds is 5. The normalized spacial score (nSPS) is 22.5. The molecular weight excluding hydrogens is 315 g/mol. The summed E-state index contributed by atoms with van der Waals surface area (Å²) in [6.07, 6.45) is 2.54. The van der Waals surface area contributed by atoms with Gasteiger partial charge < -0.3 is 15.3 Å². The molecule has 4 nitrogen and oxygen atoms in total. The Bertz CT molecular complexity index is 558. The Morgan fingerprint density at radius 1 is 1.35 bits per heavy atom. The fraction of sp³-hybridized carbons (Fsp3) is 0.588. The van der Waals surface area contributed by atoms with E-state index < -0.39 is 18.8 Å². The molecule has 0 saturated carbocycles. The maximum atomic E-state index is 12.8. The van der Waals surface area contributed by atoms with Crippen LogP contribution in [-0.2, 0) is 9.57 Å². The second kappa shape index (κ2) is 7.20. The minimum absolute atomic E-state index is 0.0924. The highest BCUT2D eigenvalue weighted by atomic mass is 32.2. The first kappa shape index (κ1) is 16.7. The van der Waals surface area contributed by atoms with Gasteiger partial charge >= 0.3 is 0 Å². The largest absolute Gasteiger partial charge is 0.388 e. The van der Waals surface area contributed by atoms with Gasteiger partial charge in [-0.2, -0.15) is 11.8 Å². The number of alkyl halides is 1. The smallest absolute Gasteiger partial charge is 0.145 e. The van der Waals surface area contributed by atoms with E-state index in [1.807, 2.05) is 36.0 Å². The molecule has 2 heterocycles. The van der Waals surface area contributed by atoms with E-state index in [0.717, 1.165) is 47.6 Å². The van der Waals surface area contributed by atoms with Crippen molar-refractivity contribution in [2.45, 2.75) is 37.0 Å². The molecule has 3 rings (SSSR count). The van der Waals surface area contributed by atoms with Gasteiger partial charge in [0.1, 0.15) is 12.3 Å². The number of benzene rings is 1. The molecule has 2 N–H and O–H groups in total. The molecule has 1 aromatic rings. The van der Waals surface area contributed by atoms with Gasteiger partial charge in [0.25, 0.3) is 0 Å². The Balaban J connectivity index is 1.70. The van der Waals surface area contributed by atoms with Crippen molar-refractivity contribution in [3.05, 3.63) is 35.4 Å². The summed E-state index contributed by atoms with van der Waals surface area (Å²) in [4.78, 5) is 5.78. The summed E-state index contributed by atoms with van der Waals surface area (Å²) in [7, 11) is 1.55. The van der Waals surface area contributed by atoms with Crippen molar-refractivity contribution in [3.63, 3.8) is 0 Å². The molecule has 1 saturated heterocycles. The van der Waals surface area contributed by atoms with Gasteiger partial charge in [-0.15, -0.1) is 0 Å². The maximum Gasteiger partial charge on any atom is 0.145 e. The minimum Gasteiger partial charge on any atom is -0.388 e. The van der Waals surface area contributed by atoms with Crippen molar-refractivity contribution in [3.8, 4) is 0 Å². The number of oxime groups is 1. The third kappa shape index (κ3) is 3.54. The molecule has 1 aromatic carbocycles. The standard InChI is InChI=1S/C17H23FN2O2S/c1-21-16(14(19)11-18)13-4-2-12(3-5-13)15-10-17(22-20-15)6-8-23-9-7-17/h2-5,14,16H,6-11,19H2,1H3. The Morgan fingerprint density at radius 3 is 2.65 bits per heavy atom. The van der Waals surface area contributed by atoms with Gasteiger partial charge in [-0.3, -0.25) is 0 Å². The van der Waals surface area contributed by atoms with E-state index in [1.54, 1.807) is 7.11 Å². The SMILES string of the molecule is COC(c1ccc(C2=NOC3(CCSCC3)C2)cc1)C(N)CF. The van der Waals surface area contributed by atoms with Gasteiger partial charge in [-0.1, -0.05) is 29.4 Å². The lowest BCUT2D eigenvalue weighted by Gasteiger charge is -2.30. The van der Waals surface area contributed by atoms with Gasteiger partial charge in [0.2, 0.25) is 0 Å². The van der Waals surface area contributed by atoms with Crippen LogP contribution in [0, 0.1) is 0 Å². The highest BCUT2D eigenvalue weighted by Crippen LogP contribution is 2.38. The van der Waals surface area contributed by atoms with E-state index in [4.69, 9.17) is 15.3 Å². The molecule has 0 radical (unpaired) electrons. The summed E-state index contributed by atoms with van der Waals surface area (Å²) in [6.45, 7) is -0.610. The van der Waals surface area contributed by atoms with Crippen molar-refractivity contribution in [1.29, 1.82) is 0 Å². The molecule has 0 aromatic heterocycles. The molecule has 0 aliphatic carbocycles. The quantitative estimate of drug-likeness (QED) is 0.896. The molecule has 0 bridgehead atoms. The van der Waals surface area contributed by atoms with Crippen LogP contribution in [0.5, 0.6) is 0 Å². The van der Waals surface area contributed by atoms with Crippen LogP contribution in [-0.4, -0.2) is 42.6 Å². The number of halogens is 1. The molecule has 0 amide bonds. The molecule has 2 aliphatic rings. The molecule has 6 heteroatoms. The van der Waals surface area contributed by atoms with Crippen molar-refractivity contribution in [2.24, 2.45) is 10.9 Å². The molecule has 2 atom stereocenters. The first-order valence-corrected chi connectivity index (χ1v) is 9.10. The van der Waals surface area contributed by atoms with E-state index in [0.29, 0.717) is 0 Å². The number of thioether (sulfide) groups is 1. The number of hydrogen-bond donors (Lipinski definition) is 1. The zero-order valence-electron chi connectivity index (χ0n) is 13.3. The maximum absolute atomic E-state index is 12.8. The van der Waals surface area contributed by atoms with Crippen molar-refractivity contribution >= 4 is 17.5 Å². The average molecular weight is 338 g/mol. The summed E-state index contributed by atoms with van der Waals surface area (Å²) < 4.78 is 18.1. The fourth-order valence-electron chi connectivity index (χ4n) is 3.19. The first-order chi connectivity index (χ1) is 11.2. The van der Waals surface area contributed by atoms with Crippen LogP contribution >= 0.6 is 11.8 Å². The van der Waals surface area contributed by atoms with Gasteiger partial charge in [-0.25, -0.2) is 4.39 Å². The third-order valence-electron chi connectivity index (χ3n) is 4.64. The zero-order valence-corrected chi connectivity index (χ0v) is 14.2. The number of hydrogen-bond acceptors (Lipinski definition) is 5. The molecular formula is C17H23FN2O2S. The van der Waals surface area contributed by atoms with Crippen LogP contribution in [0.4, 0.5) is 4.39 Å². The lowest BCUT2D eigenvalue weighted by Crippen LogP contribution is -2.33. The van der Waals surface area contributed by atoms with Gasteiger partial charge in [0.15, 0.2) is 0 Å². The van der Waals surface area contributed by atoms with Crippen LogP contribution in [0.2, 0.25) is 0 Å². The molecule has 126 valence electrons. The Morgan fingerprint density at radius 2 is 2.04 bits per heavy atom. The Hall–Kier alpha value is -1.11. The monoisotopic (exact) mass is 338 g/mol. The number of ether oxygens (including phenoxy) is 1. The lowest BCUT2D eigenvalue weighted by molar-refractivity contribution is -0.0245. The highest BCUT2D eigenvalue weighted by molar-refractivity contribution is 7.99.